The molecular formula is C25H25F3N4O3. The summed E-state index contributed by atoms with van der Waals surface area (Å²) in [6.45, 7) is 1.04. The minimum absolute atomic E-state index is 0.0290. The molecule has 2 aliphatic heterocycles. The Morgan fingerprint density at radius 3 is 2.77 bits per heavy atom. The van der Waals surface area contributed by atoms with Crippen LogP contribution in [0.1, 0.15) is 19.3 Å². The smallest absolute Gasteiger partial charge is 0.296 e. The van der Waals surface area contributed by atoms with Crippen LogP contribution >= 0.6 is 0 Å². The number of methoxy groups -OCH3 is 1. The van der Waals surface area contributed by atoms with Crippen molar-refractivity contribution in [3.8, 4) is 23.8 Å². The second kappa shape index (κ2) is 9.40. The third kappa shape index (κ3) is 4.54. The van der Waals surface area contributed by atoms with Gasteiger partial charge in [0, 0.05) is 30.0 Å². The number of alkyl halides is 2. The van der Waals surface area contributed by atoms with E-state index in [-0.39, 0.29) is 35.2 Å². The van der Waals surface area contributed by atoms with Gasteiger partial charge in [0.1, 0.15) is 12.1 Å². The van der Waals surface area contributed by atoms with Crippen LogP contribution in [0.15, 0.2) is 41.6 Å². The van der Waals surface area contributed by atoms with Gasteiger partial charge < -0.3 is 19.5 Å². The Hall–Kier alpha value is -3.29. The van der Waals surface area contributed by atoms with Crippen molar-refractivity contribution in [1.29, 1.82) is 0 Å². The number of aromatic nitrogens is 2. The van der Waals surface area contributed by atoms with Crippen molar-refractivity contribution >= 4 is 16.7 Å². The van der Waals surface area contributed by atoms with E-state index in [1.807, 2.05) is 0 Å². The summed E-state index contributed by atoms with van der Waals surface area (Å²) in [5.74, 6) is -0.493. The van der Waals surface area contributed by atoms with Gasteiger partial charge in [-0.3, -0.25) is 4.90 Å². The van der Waals surface area contributed by atoms with Crippen LogP contribution in [0, 0.1) is 12.3 Å². The number of nitrogens with one attached hydrogen (secondary N) is 1. The van der Waals surface area contributed by atoms with Crippen molar-refractivity contribution in [3.63, 3.8) is 0 Å². The monoisotopic (exact) mass is 486 g/mol. The number of hydrogen-bond donors (Lipinski definition) is 1. The van der Waals surface area contributed by atoms with Crippen LogP contribution in [-0.2, 0) is 4.74 Å². The highest BCUT2D eigenvalue weighted by Gasteiger charge is 2.49. The molecule has 1 atom stereocenters. The quantitative estimate of drug-likeness (QED) is 0.618. The maximum absolute atomic E-state index is 15.0. The van der Waals surface area contributed by atoms with Gasteiger partial charge in [0.15, 0.2) is 23.4 Å². The number of terminal acetylenes is 1. The Kier molecular flexibility index (Phi) is 6.30. The van der Waals surface area contributed by atoms with E-state index in [0.29, 0.717) is 49.3 Å². The number of benzene rings is 1. The van der Waals surface area contributed by atoms with Crippen LogP contribution in [0.3, 0.4) is 0 Å². The van der Waals surface area contributed by atoms with Crippen molar-refractivity contribution in [2.24, 2.45) is 0 Å². The number of piperidine rings is 1. The molecule has 0 saturated carbocycles. The zero-order chi connectivity index (χ0) is 24.6. The van der Waals surface area contributed by atoms with E-state index in [1.54, 1.807) is 23.1 Å². The topological polar surface area (TPSA) is 68.7 Å². The van der Waals surface area contributed by atoms with E-state index < -0.39 is 24.4 Å². The summed E-state index contributed by atoms with van der Waals surface area (Å²) >= 11 is 0. The van der Waals surface area contributed by atoms with Crippen LogP contribution in [0.4, 0.5) is 19.0 Å². The number of fused-ring (bicyclic) bond motifs is 1. The minimum atomic E-state index is -3.06. The normalized spacial score (nSPS) is 22.8. The van der Waals surface area contributed by atoms with Crippen LogP contribution < -0.4 is 14.8 Å². The number of rotatable bonds is 6. The highest BCUT2D eigenvalue weighted by molar-refractivity contribution is 5.92. The molecule has 3 aliphatic rings. The summed E-state index contributed by atoms with van der Waals surface area (Å²) in [7, 11) is 1.43. The van der Waals surface area contributed by atoms with Crippen LogP contribution in [0.25, 0.3) is 10.9 Å². The molecule has 184 valence electrons. The van der Waals surface area contributed by atoms with Gasteiger partial charge in [0.2, 0.25) is 0 Å². The molecule has 1 N–H and O–H groups in total. The van der Waals surface area contributed by atoms with Gasteiger partial charge in [-0.2, -0.15) is 0 Å². The van der Waals surface area contributed by atoms with Crippen LogP contribution in [-0.4, -0.2) is 66.3 Å². The first-order valence-corrected chi connectivity index (χ1v) is 11.4. The van der Waals surface area contributed by atoms with Gasteiger partial charge >= 0.3 is 0 Å². The van der Waals surface area contributed by atoms with Crippen molar-refractivity contribution in [2.75, 3.05) is 38.7 Å². The Morgan fingerprint density at radius 2 is 2.09 bits per heavy atom. The number of allylic oxidation sites excluding steroid dienone is 3. The molecule has 2 aromatic rings. The minimum Gasteiger partial charge on any atom is -0.493 e. The molecule has 2 saturated heterocycles. The summed E-state index contributed by atoms with van der Waals surface area (Å²) in [6, 6.07) is 3.16. The standard InChI is InChI=1S/C25H25F3N4O3/c1-3-15-5-4-6-18(23(15)26)31-24-17-9-21(20(33-2)10-19(17)29-14-30-24)35-22-7-8-32(13-25(22,27)28)16-11-34-12-16/h1,6,9-10,14,16,22H,4-5,7-8,11-13H2,2H3,(H,29,30,31). The Balaban J connectivity index is 1.43. The molecule has 7 nitrogen and oxygen atoms in total. The van der Waals surface area contributed by atoms with Crippen molar-refractivity contribution in [2.45, 2.75) is 37.3 Å². The summed E-state index contributed by atoms with van der Waals surface area (Å²) in [4.78, 5) is 10.2. The molecule has 1 aliphatic carbocycles. The summed E-state index contributed by atoms with van der Waals surface area (Å²) in [5, 5.41) is 3.44. The molecule has 0 amide bonds. The number of likely N-dealkylation sites (tertiary alicyclic amines) is 1. The molecule has 1 unspecified atom stereocenters. The summed E-state index contributed by atoms with van der Waals surface area (Å²) in [5.41, 5.74) is 0.971. The molecule has 10 heteroatoms. The van der Waals surface area contributed by atoms with E-state index in [9.17, 15) is 4.39 Å². The fourth-order valence-electron chi connectivity index (χ4n) is 4.50. The van der Waals surface area contributed by atoms with Crippen molar-refractivity contribution < 1.29 is 27.4 Å². The Bertz CT molecular complexity index is 1240. The molecule has 0 spiro atoms. The van der Waals surface area contributed by atoms with Gasteiger partial charge in [-0.05, 0) is 18.9 Å². The predicted octanol–water partition coefficient (Wildman–Crippen LogP) is 4.07. The van der Waals surface area contributed by atoms with Crippen LogP contribution in [0.2, 0.25) is 0 Å². The number of halogens is 3. The van der Waals surface area contributed by atoms with Gasteiger partial charge in [-0.25, -0.2) is 23.1 Å². The molecule has 2 fully saturated rings. The van der Waals surface area contributed by atoms with E-state index in [4.69, 9.17) is 20.6 Å². The number of hydrogen-bond acceptors (Lipinski definition) is 7. The van der Waals surface area contributed by atoms with Gasteiger partial charge in [0.25, 0.3) is 5.92 Å². The van der Waals surface area contributed by atoms with E-state index in [2.05, 4.69) is 21.2 Å². The molecule has 3 heterocycles. The van der Waals surface area contributed by atoms with Crippen molar-refractivity contribution in [3.05, 3.63) is 41.6 Å². The fraction of sp³-hybridized carbons (Fsp3) is 0.440. The molecule has 1 aromatic heterocycles. The zero-order valence-electron chi connectivity index (χ0n) is 19.2. The molecule has 35 heavy (non-hydrogen) atoms. The van der Waals surface area contributed by atoms with E-state index in [1.165, 1.54) is 13.4 Å². The molecule has 0 radical (unpaired) electrons. The SMILES string of the molecule is C#CC1=C(F)C(Nc2ncnc3cc(OC)c(OC4CCN(C5COC5)CC4(F)F)cc23)=CCC1. The highest BCUT2D eigenvalue weighted by Crippen LogP contribution is 2.39. The average molecular weight is 486 g/mol. The fourth-order valence-corrected chi connectivity index (χ4v) is 4.50. The lowest BCUT2D eigenvalue weighted by Crippen LogP contribution is -2.60. The van der Waals surface area contributed by atoms with Gasteiger partial charge in [-0.1, -0.05) is 12.0 Å². The average Bonchev–Trinajstić information content (AvgIpc) is 2.80. The Labute approximate surface area is 201 Å². The predicted molar refractivity (Wildman–Crippen MR) is 124 cm³/mol. The lowest BCUT2D eigenvalue weighted by atomic mass is 10.0. The van der Waals surface area contributed by atoms with Crippen molar-refractivity contribution in [1.82, 2.24) is 14.9 Å². The number of nitrogens with zero attached hydrogens (tertiary/aromatic N) is 3. The lowest BCUT2D eigenvalue weighted by Gasteiger charge is -2.44. The summed E-state index contributed by atoms with van der Waals surface area (Å²) in [6.07, 6.45) is 8.30. The maximum atomic E-state index is 15.0. The lowest BCUT2D eigenvalue weighted by molar-refractivity contribution is -0.170. The first-order valence-electron chi connectivity index (χ1n) is 11.4. The highest BCUT2D eigenvalue weighted by atomic mass is 19.3. The first kappa shape index (κ1) is 23.5. The Morgan fingerprint density at radius 1 is 1.26 bits per heavy atom. The molecule has 5 rings (SSSR count). The zero-order valence-corrected chi connectivity index (χ0v) is 19.2. The third-order valence-corrected chi connectivity index (χ3v) is 6.56. The third-order valence-electron chi connectivity index (χ3n) is 6.56. The maximum Gasteiger partial charge on any atom is 0.296 e. The summed E-state index contributed by atoms with van der Waals surface area (Å²) < 4.78 is 61.2. The second-order valence-corrected chi connectivity index (χ2v) is 8.78. The van der Waals surface area contributed by atoms with Crippen LogP contribution in [0.5, 0.6) is 11.5 Å². The number of anilines is 1. The number of ether oxygens (including phenoxy) is 3. The molecular weight excluding hydrogens is 461 g/mol. The van der Waals surface area contributed by atoms with Gasteiger partial charge in [0.05, 0.1) is 44.1 Å². The first-order chi connectivity index (χ1) is 16.9. The van der Waals surface area contributed by atoms with E-state index in [0.717, 1.165) is 0 Å². The van der Waals surface area contributed by atoms with E-state index >= 15 is 8.78 Å². The van der Waals surface area contributed by atoms with Gasteiger partial charge in [-0.15, -0.1) is 6.42 Å². The second-order valence-electron chi connectivity index (χ2n) is 8.78. The largest absolute Gasteiger partial charge is 0.493 e. The molecule has 1 aromatic carbocycles. The molecule has 0 bridgehead atoms.